The summed E-state index contributed by atoms with van der Waals surface area (Å²) in [6, 6.07) is 2.29. The quantitative estimate of drug-likeness (QED) is 0.679. The zero-order valence-corrected chi connectivity index (χ0v) is 21.6. The third-order valence-corrected chi connectivity index (χ3v) is 7.71. The normalized spacial score (nSPS) is 22.9. The third kappa shape index (κ3) is 5.86. The molecule has 1 aliphatic carbocycles. The predicted molar refractivity (Wildman–Crippen MR) is 132 cm³/mol. The average molecular weight is 475 g/mol. The second-order valence-corrected chi connectivity index (χ2v) is 12.1. The van der Waals surface area contributed by atoms with Gasteiger partial charge in [0.25, 0.3) is 0 Å². The summed E-state index contributed by atoms with van der Waals surface area (Å²) in [5, 5.41) is 13.1. The summed E-state index contributed by atoms with van der Waals surface area (Å²) in [4.78, 5) is 33.6. The van der Waals surface area contributed by atoms with Crippen LogP contribution in [0.4, 0.5) is 9.80 Å². The minimum atomic E-state index is -0.315. The number of likely N-dealkylation sites (N-methyl/N-ethyl adjacent to an activating group) is 2. The van der Waals surface area contributed by atoms with Gasteiger partial charge in [-0.15, -0.1) is 11.3 Å². The van der Waals surface area contributed by atoms with Crippen LogP contribution in [0.5, 0.6) is 0 Å². The second-order valence-electron chi connectivity index (χ2n) is 11.0. The van der Waals surface area contributed by atoms with Crippen molar-refractivity contribution < 1.29 is 9.59 Å². The Morgan fingerprint density at radius 3 is 2.61 bits per heavy atom. The molecule has 3 rings (SSSR count). The van der Waals surface area contributed by atoms with E-state index in [2.05, 4.69) is 23.3 Å². The Hall–Kier alpha value is -2.15. The van der Waals surface area contributed by atoms with Gasteiger partial charge in [-0.2, -0.15) is 5.26 Å². The number of likely N-dealkylation sites (tertiary alicyclic amines) is 1. The summed E-state index contributed by atoms with van der Waals surface area (Å²) in [5.74, 6) is -0.0884. The van der Waals surface area contributed by atoms with Gasteiger partial charge in [0.1, 0.15) is 11.1 Å². The number of amides is 3. The number of anilines is 1. The van der Waals surface area contributed by atoms with Crippen molar-refractivity contribution in [3.8, 4) is 6.07 Å². The highest BCUT2D eigenvalue weighted by molar-refractivity contribution is 7.16. The average Bonchev–Trinajstić information content (AvgIpc) is 3.02. The Labute approximate surface area is 201 Å². The number of carbonyl (C=O) groups is 2. The molecule has 2 aliphatic rings. The van der Waals surface area contributed by atoms with Crippen LogP contribution < -0.4 is 11.1 Å². The Morgan fingerprint density at radius 1 is 1.30 bits per heavy atom. The molecule has 0 aromatic carbocycles. The lowest BCUT2D eigenvalue weighted by Crippen LogP contribution is -2.56. The first-order valence-electron chi connectivity index (χ1n) is 11.7. The van der Waals surface area contributed by atoms with Gasteiger partial charge in [0.05, 0.1) is 11.5 Å². The molecule has 1 aromatic heterocycles. The molecular formula is C24H38N6O2S. The van der Waals surface area contributed by atoms with E-state index in [0.717, 1.165) is 24.8 Å². The van der Waals surface area contributed by atoms with Crippen LogP contribution >= 0.6 is 11.3 Å². The van der Waals surface area contributed by atoms with Gasteiger partial charge < -0.3 is 20.9 Å². The SMILES string of the molecule is CN(C)CCNC(=O)N(CC(C)(C)C)C(=O)[C@@H]1C[C@@H]2Cc3c(sc(N)c3C#N)C[C@H]2N(C)C1. The van der Waals surface area contributed by atoms with Crippen LogP contribution in [0.15, 0.2) is 0 Å². The molecule has 1 fully saturated rings. The third-order valence-electron chi connectivity index (χ3n) is 6.62. The molecule has 8 nitrogen and oxygen atoms in total. The fraction of sp³-hybridized carbons (Fsp3) is 0.708. The van der Waals surface area contributed by atoms with Crippen LogP contribution in [0.25, 0.3) is 0 Å². The van der Waals surface area contributed by atoms with Crippen LogP contribution in [0, 0.1) is 28.6 Å². The first-order chi connectivity index (χ1) is 15.4. The lowest BCUT2D eigenvalue weighted by molar-refractivity contribution is -0.137. The van der Waals surface area contributed by atoms with Gasteiger partial charge in [0.15, 0.2) is 0 Å². The largest absolute Gasteiger partial charge is 0.389 e. The van der Waals surface area contributed by atoms with E-state index in [1.807, 2.05) is 39.8 Å². The van der Waals surface area contributed by atoms with Crippen molar-refractivity contribution in [2.24, 2.45) is 17.3 Å². The van der Waals surface area contributed by atoms with Gasteiger partial charge in [-0.25, -0.2) is 4.79 Å². The molecule has 0 saturated carbocycles. The fourth-order valence-corrected chi connectivity index (χ4v) is 6.18. The van der Waals surface area contributed by atoms with Gasteiger partial charge >= 0.3 is 6.03 Å². The number of fused-ring (bicyclic) bond motifs is 2. The number of urea groups is 1. The molecular weight excluding hydrogens is 436 g/mol. The van der Waals surface area contributed by atoms with Crippen LogP contribution in [0.2, 0.25) is 0 Å². The van der Waals surface area contributed by atoms with Crippen molar-refractivity contribution in [1.29, 1.82) is 5.26 Å². The first kappa shape index (κ1) is 25.5. The van der Waals surface area contributed by atoms with Crippen molar-refractivity contribution in [2.45, 2.75) is 46.1 Å². The van der Waals surface area contributed by atoms with E-state index in [0.29, 0.717) is 42.8 Å². The monoisotopic (exact) mass is 474 g/mol. The van der Waals surface area contributed by atoms with Crippen molar-refractivity contribution >= 4 is 28.3 Å². The van der Waals surface area contributed by atoms with Crippen molar-refractivity contribution in [3.63, 3.8) is 0 Å². The minimum absolute atomic E-state index is 0.103. The zero-order valence-electron chi connectivity index (χ0n) is 20.8. The number of hydrogen-bond donors (Lipinski definition) is 2. The van der Waals surface area contributed by atoms with Crippen LogP contribution in [-0.2, 0) is 17.6 Å². The molecule has 9 heteroatoms. The molecule has 0 spiro atoms. The van der Waals surface area contributed by atoms with Crippen LogP contribution in [0.1, 0.15) is 43.2 Å². The lowest BCUT2D eigenvalue weighted by Gasteiger charge is -2.45. The van der Waals surface area contributed by atoms with Crippen LogP contribution in [-0.4, -0.2) is 80.0 Å². The Morgan fingerprint density at radius 2 is 2.00 bits per heavy atom. The maximum atomic E-state index is 13.7. The second kappa shape index (κ2) is 10.00. The van der Waals surface area contributed by atoms with Gasteiger partial charge in [-0.05, 0) is 57.3 Å². The number of hydrogen-bond acceptors (Lipinski definition) is 7. The number of nitrogen functional groups attached to an aromatic ring is 1. The summed E-state index contributed by atoms with van der Waals surface area (Å²) >= 11 is 1.53. The Bertz CT molecular complexity index is 929. The molecule has 0 radical (unpaired) electrons. The molecule has 33 heavy (non-hydrogen) atoms. The molecule has 0 bridgehead atoms. The van der Waals surface area contributed by atoms with E-state index in [1.165, 1.54) is 21.1 Å². The summed E-state index contributed by atoms with van der Waals surface area (Å²) in [6.07, 6.45) is 2.35. The van der Waals surface area contributed by atoms with Crippen molar-refractivity contribution in [2.75, 3.05) is 53.1 Å². The predicted octanol–water partition coefficient (Wildman–Crippen LogP) is 2.38. The van der Waals surface area contributed by atoms with E-state index in [9.17, 15) is 14.9 Å². The molecule has 1 saturated heterocycles. The van der Waals surface area contributed by atoms with Gasteiger partial charge in [-0.3, -0.25) is 9.69 Å². The number of nitrogens with two attached hydrogens (primary N) is 1. The van der Waals surface area contributed by atoms with Gasteiger partial charge in [0, 0.05) is 37.1 Å². The highest BCUT2D eigenvalue weighted by atomic mass is 32.1. The van der Waals surface area contributed by atoms with Crippen molar-refractivity contribution in [3.05, 3.63) is 16.0 Å². The highest BCUT2D eigenvalue weighted by Crippen LogP contribution is 2.43. The van der Waals surface area contributed by atoms with Crippen molar-refractivity contribution in [1.82, 2.24) is 20.0 Å². The maximum Gasteiger partial charge on any atom is 0.324 e. The number of piperidine rings is 1. The molecule has 1 aromatic rings. The molecule has 182 valence electrons. The van der Waals surface area contributed by atoms with E-state index in [-0.39, 0.29) is 29.2 Å². The number of rotatable bonds is 5. The summed E-state index contributed by atoms with van der Waals surface area (Å²) in [7, 11) is 5.97. The molecule has 3 N–H and O–H groups in total. The summed E-state index contributed by atoms with van der Waals surface area (Å²) < 4.78 is 0. The Balaban J connectivity index is 1.77. The summed E-state index contributed by atoms with van der Waals surface area (Å²) in [6.45, 7) is 8.33. The number of thiophene rings is 1. The van der Waals surface area contributed by atoms with E-state index in [1.54, 1.807) is 0 Å². The fourth-order valence-electron chi connectivity index (χ4n) is 5.08. The number of imide groups is 1. The maximum absolute atomic E-state index is 13.7. The standard InChI is InChI=1S/C24H38N6O2S/c1-24(2,3)14-30(23(32)27-7-8-28(4)5)22(31)16-9-15-10-17-18(12-25)21(26)33-20(17)11-19(15)29(6)13-16/h15-16,19H,7-11,13-14,26H2,1-6H3,(H,27,32)/t15-,16-,19-/m1/s1. The molecule has 1 aliphatic heterocycles. The van der Waals surface area contributed by atoms with E-state index < -0.39 is 0 Å². The lowest BCUT2D eigenvalue weighted by atomic mass is 9.74. The summed E-state index contributed by atoms with van der Waals surface area (Å²) in [5.41, 5.74) is 7.57. The number of nitrogens with one attached hydrogen (secondary N) is 1. The smallest absolute Gasteiger partial charge is 0.324 e. The zero-order chi connectivity index (χ0) is 24.5. The number of carbonyl (C=O) groups excluding carboxylic acids is 2. The first-order valence-corrected chi connectivity index (χ1v) is 12.5. The molecule has 3 atom stereocenters. The highest BCUT2D eigenvalue weighted by Gasteiger charge is 2.43. The minimum Gasteiger partial charge on any atom is -0.389 e. The topological polar surface area (TPSA) is 106 Å². The number of nitriles is 1. The van der Waals surface area contributed by atoms with Gasteiger partial charge in [0.2, 0.25) is 5.91 Å². The van der Waals surface area contributed by atoms with E-state index in [4.69, 9.17) is 5.73 Å². The molecule has 2 heterocycles. The van der Waals surface area contributed by atoms with Crippen LogP contribution in [0.3, 0.4) is 0 Å². The van der Waals surface area contributed by atoms with Gasteiger partial charge in [-0.1, -0.05) is 20.8 Å². The number of nitrogens with zero attached hydrogens (tertiary/aromatic N) is 4. The van der Waals surface area contributed by atoms with E-state index >= 15 is 0 Å². The molecule has 0 unspecified atom stereocenters. The Kier molecular flexibility index (Phi) is 7.72. The molecule has 3 amide bonds.